The lowest BCUT2D eigenvalue weighted by atomic mass is 9.90. The van der Waals surface area contributed by atoms with E-state index in [2.05, 4.69) is 30.2 Å². The molecule has 0 unspecified atom stereocenters. The van der Waals surface area contributed by atoms with Crippen LogP contribution < -0.4 is 10.1 Å². The van der Waals surface area contributed by atoms with Crippen LogP contribution in [0.25, 0.3) is 0 Å². The van der Waals surface area contributed by atoms with Gasteiger partial charge in [-0.05, 0) is 50.8 Å². The van der Waals surface area contributed by atoms with Crippen molar-refractivity contribution in [1.29, 1.82) is 0 Å². The summed E-state index contributed by atoms with van der Waals surface area (Å²) in [5.74, 6) is 1.56. The van der Waals surface area contributed by atoms with E-state index >= 15 is 0 Å². The van der Waals surface area contributed by atoms with Crippen LogP contribution in [0.2, 0.25) is 0 Å². The molecule has 112 valence electrons. The molecule has 0 amide bonds. The molecule has 1 aromatic rings. The molecule has 1 saturated carbocycles. The first-order chi connectivity index (χ1) is 9.70. The topological polar surface area (TPSA) is 34.2 Å². The molecule has 0 spiro atoms. The molecular weight excluding hydrogens is 248 g/mol. The van der Waals surface area contributed by atoms with E-state index in [0.717, 1.165) is 37.2 Å². The number of hydrogen-bond acceptors (Lipinski definition) is 3. The molecule has 2 rings (SSSR count). The van der Waals surface area contributed by atoms with E-state index in [1.54, 1.807) is 0 Å². The molecule has 1 aliphatic rings. The summed E-state index contributed by atoms with van der Waals surface area (Å²) in [7, 11) is 0. The highest BCUT2D eigenvalue weighted by molar-refractivity contribution is 5.35. The molecule has 0 bridgehead atoms. The molecule has 0 aliphatic heterocycles. The van der Waals surface area contributed by atoms with E-state index in [1.807, 2.05) is 6.92 Å². The first kappa shape index (κ1) is 15.3. The van der Waals surface area contributed by atoms with E-state index in [0.29, 0.717) is 0 Å². The quantitative estimate of drug-likeness (QED) is 0.859. The Morgan fingerprint density at radius 2 is 2.00 bits per heavy atom. The second-order valence-electron chi connectivity index (χ2n) is 5.96. The Morgan fingerprint density at radius 3 is 2.70 bits per heavy atom. The number of ether oxygens (including phenoxy) is 1. The number of nitrogens with zero attached hydrogens (tertiary/aromatic N) is 1. The van der Waals surface area contributed by atoms with Gasteiger partial charge in [0.2, 0.25) is 5.88 Å². The molecule has 1 heterocycles. The van der Waals surface area contributed by atoms with Gasteiger partial charge >= 0.3 is 0 Å². The van der Waals surface area contributed by atoms with E-state index in [-0.39, 0.29) is 0 Å². The summed E-state index contributed by atoms with van der Waals surface area (Å²) in [6, 6.07) is 2.14. The molecular formula is C17H28N2O. The maximum atomic E-state index is 6.08. The van der Waals surface area contributed by atoms with Crippen molar-refractivity contribution in [1.82, 2.24) is 10.3 Å². The van der Waals surface area contributed by atoms with Crippen molar-refractivity contribution in [3.8, 4) is 5.88 Å². The Bertz CT molecular complexity index is 425. The van der Waals surface area contributed by atoms with Crippen LogP contribution in [0.5, 0.6) is 5.88 Å². The summed E-state index contributed by atoms with van der Waals surface area (Å²) in [5.41, 5.74) is 3.53. The minimum Gasteiger partial charge on any atom is -0.477 e. The van der Waals surface area contributed by atoms with Gasteiger partial charge in [-0.3, -0.25) is 0 Å². The number of nitrogens with one attached hydrogen (secondary N) is 1. The normalized spacial score (nSPS) is 16.4. The summed E-state index contributed by atoms with van der Waals surface area (Å²) in [5, 5.41) is 3.38. The predicted octanol–water partition coefficient (Wildman–Crippen LogP) is 3.77. The molecule has 0 saturated heterocycles. The molecule has 1 fully saturated rings. The third-order valence-corrected chi connectivity index (χ3v) is 4.17. The minimum atomic E-state index is 0.721. The Morgan fingerprint density at radius 1 is 1.25 bits per heavy atom. The van der Waals surface area contributed by atoms with E-state index in [4.69, 9.17) is 4.74 Å². The third-order valence-electron chi connectivity index (χ3n) is 4.17. The average Bonchev–Trinajstić information content (AvgIpc) is 2.45. The van der Waals surface area contributed by atoms with Crippen molar-refractivity contribution in [2.75, 3.05) is 13.2 Å². The number of aromatic nitrogens is 1. The lowest BCUT2D eigenvalue weighted by Crippen LogP contribution is -2.19. The molecule has 3 heteroatoms. The van der Waals surface area contributed by atoms with Gasteiger partial charge in [0.05, 0.1) is 6.61 Å². The van der Waals surface area contributed by atoms with Crippen LogP contribution in [0.3, 0.4) is 0 Å². The summed E-state index contributed by atoms with van der Waals surface area (Å²) in [6.07, 6.45) is 6.74. The largest absolute Gasteiger partial charge is 0.477 e. The van der Waals surface area contributed by atoms with Gasteiger partial charge in [-0.2, -0.15) is 0 Å². The SMILES string of the molecule is CCNCc1c(C)cc(C)nc1OCC1CCCCC1. The van der Waals surface area contributed by atoms with Crippen LogP contribution in [0, 0.1) is 19.8 Å². The van der Waals surface area contributed by atoms with Crippen LogP contribution in [0.15, 0.2) is 6.07 Å². The van der Waals surface area contributed by atoms with Gasteiger partial charge in [-0.1, -0.05) is 26.2 Å². The standard InChI is InChI=1S/C17H28N2O/c1-4-18-11-16-13(2)10-14(3)19-17(16)20-12-15-8-6-5-7-9-15/h10,15,18H,4-9,11-12H2,1-3H3. The second-order valence-corrected chi connectivity index (χ2v) is 5.96. The van der Waals surface area contributed by atoms with Gasteiger partial charge in [0, 0.05) is 17.8 Å². The fraction of sp³-hybridized carbons (Fsp3) is 0.706. The Balaban J connectivity index is 2.03. The molecule has 0 radical (unpaired) electrons. The highest BCUT2D eigenvalue weighted by atomic mass is 16.5. The van der Waals surface area contributed by atoms with E-state index in [1.165, 1.54) is 43.2 Å². The van der Waals surface area contributed by atoms with Crippen molar-refractivity contribution in [2.24, 2.45) is 5.92 Å². The first-order valence-electron chi connectivity index (χ1n) is 8.01. The fourth-order valence-electron chi connectivity index (χ4n) is 2.96. The van der Waals surface area contributed by atoms with Crippen molar-refractivity contribution in [3.05, 3.63) is 22.9 Å². The first-order valence-corrected chi connectivity index (χ1v) is 8.01. The minimum absolute atomic E-state index is 0.721. The van der Waals surface area contributed by atoms with Crippen LogP contribution >= 0.6 is 0 Å². The zero-order valence-electron chi connectivity index (χ0n) is 13.2. The van der Waals surface area contributed by atoms with Crippen molar-refractivity contribution in [2.45, 2.75) is 59.4 Å². The summed E-state index contributed by atoms with van der Waals surface area (Å²) < 4.78 is 6.08. The molecule has 1 N–H and O–H groups in total. The molecule has 0 atom stereocenters. The fourth-order valence-corrected chi connectivity index (χ4v) is 2.96. The van der Waals surface area contributed by atoms with Gasteiger partial charge in [-0.25, -0.2) is 4.98 Å². The Hall–Kier alpha value is -1.09. The maximum absolute atomic E-state index is 6.08. The monoisotopic (exact) mass is 276 g/mol. The van der Waals surface area contributed by atoms with Gasteiger partial charge in [0.15, 0.2) is 0 Å². The third kappa shape index (κ3) is 4.20. The molecule has 1 aromatic heterocycles. The van der Waals surface area contributed by atoms with Crippen molar-refractivity contribution < 1.29 is 4.74 Å². The Labute approximate surface area is 123 Å². The average molecular weight is 276 g/mol. The molecule has 0 aromatic carbocycles. The maximum Gasteiger partial charge on any atom is 0.218 e. The lowest BCUT2D eigenvalue weighted by molar-refractivity contribution is 0.200. The van der Waals surface area contributed by atoms with E-state index in [9.17, 15) is 0 Å². The zero-order chi connectivity index (χ0) is 14.4. The summed E-state index contributed by atoms with van der Waals surface area (Å²) in [4.78, 5) is 4.61. The predicted molar refractivity (Wildman–Crippen MR) is 83.2 cm³/mol. The molecule has 3 nitrogen and oxygen atoms in total. The number of rotatable bonds is 6. The smallest absolute Gasteiger partial charge is 0.218 e. The zero-order valence-corrected chi connectivity index (χ0v) is 13.2. The van der Waals surface area contributed by atoms with E-state index < -0.39 is 0 Å². The van der Waals surface area contributed by atoms with Crippen LogP contribution in [-0.4, -0.2) is 18.1 Å². The summed E-state index contributed by atoms with van der Waals surface area (Å²) >= 11 is 0. The van der Waals surface area contributed by atoms with Gasteiger partial charge in [-0.15, -0.1) is 0 Å². The highest BCUT2D eigenvalue weighted by Crippen LogP contribution is 2.26. The van der Waals surface area contributed by atoms with Crippen LogP contribution in [0.1, 0.15) is 55.8 Å². The van der Waals surface area contributed by atoms with Crippen molar-refractivity contribution >= 4 is 0 Å². The van der Waals surface area contributed by atoms with Gasteiger partial charge < -0.3 is 10.1 Å². The molecule has 1 aliphatic carbocycles. The van der Waals surface area contributed by atoms with Crippen LogP contribution in [-0.2, 0) is 6.54 Å². The highest BCUT2D eigenvalue weighted by Gasteiger charge is 2.16. The van der Waals surface area contributed by atoms with Crippen molar-refractivity contribution in [3.63, 3.8) is 0 Å². The van der Waals surface area contributed by atoms with Crippen LogP contribution in [0.4, 0.5) is 0 Å². The Kier molecular flexibility index (Phi) is 5.84. The number of aryl methyl sites for hydroxylation is 2. The van der Waals surface area contributed by atoms with Gasteiger partial charge in [0.25, 0.3) is 0 Å². The lowest BCUT2D eigenvalue weighted by Gasteiger charge is -2.22. The molecule has 20 heavy (non-hydrogen) atoms. The summed E-state index contributed by atoms with van der Waals surface area (Å²) in [6.45, 7) is 8.95. The van der Waals surface area contributed by atoms with Gasteiger partial charge in [0.1, 0.15) is 0 Å². The second kappa shape index (κ2) is 7.63. The number of pyridine rings is 1. The number of hydrogen-bond donors (Lipinski definition) is 1.